The van der Waals surface area contributed by atoms with Gasteiger partial charge in [0.2, 0.25) is 0 Å². The van der Waals surface area contributed by atoms with E-state index in [0.717, 1.165) is 6.54 Å². The maximum absolute atomic E-state index is 14.0. The van der Waals surface area contributed by atoms with Crippen LogP contribution < -0.4 is 5.73 Å². The molecule has 0 aliphatic carbocycles. The molecule has 3 N–H and O–H groups in total. The Labute approximate surface area is 112 Å². The molecule has 0 amide bonds. The van der Waals surface area contributed by atoms with Gasteiger partial charge in [0, 0.05) is 30.3 Å². The maximum Gasteiger partial charge on any atom is 0.128 e. The molecule has 2 atom stereocenters. The first-order valence-corrected chi connectivity index (χ1v) is 6.46. The summed E-state index contributed by atoms with van der Waals surface area (Å²) in [4.78, 5) is 2.21. The van der Waals surface area contributed by atoms with E-state index in [4.69, 9.17) is 15.9 Å². The average Bonchev–Trinajstić information content (AvgIpc) is 2.36. The Morgan fingerprint density at radius 2 is 2.26 bits per heavy atom. The minimum Gasteiger partial charge on any atom is -0.384 e. The van der Waals surface area contributed by atoms with Gasteiger partial charge < -0.3 is 10.5 Å². The van der Waals surface area contributed by atoms with Crippen LogP contribution in [0, 0.1) is 11.2 Å². The third kappa shape index (κ3) is 3.30. The Morgan fingerprint density at radius 3 is 2.89 bits per heavy atom. The van der Waals surface area contributed by atoms with Crippen LogP contribution in [0.25, 0.3) is 0 Å². The van der Waals surface area contributed by atoms with Crippen LogP contribution in [0.2, 0.25) is 0 Å². The van der Waals surface area contributed by atoms with E-state index in [-0.39, 0.29) is 23.8 Å². The van der Waals surface area contributed by atoms with E-state index in [2.05, 4.69) is 11.8 Å². The molecule has 1 aromatic rings. The lowest BCUT2D eigenvalue weighted by Gasteiger charge is -2.36. The summed E-state index contributed by atoms with van der Waals surface area (Å²) in [6, 6.07) is 5.00. The second kappa shape index (κ2) is 5.67. The van der Waals surface area contributed by atoms with Crippen molar-refractivity contribution in [3.05, 3.63) is 35.1 Å². The zero-order chi connectivity index (χ0) is 14.0. The summed E-state index contributed by atoms with van der Waals surface area (Å²) in [7, 11) is 0. The summed E-state index contributed by atoms with van der Waals surface area (Å²) in [5.74, 6) is -0.419. The summed E-state index contributed by atoms with van der Waals surface area (Å²) in [6.07, 6.45) is 0.177. The van der Waals surface area contributed by atoms with Gasteiger partial charge in [-0.2, -0.15) is 0 Å². The molecule has 0 aromatic heterocycles. The summed E-state index contributed by atoms with van der Waals surface area (Å²) in [5, 5.41) is 7.30. The molecule has 1 heterocycles. The van der Waals surface area contributed by atoms with Crippen molar-refractivity contribution in [2.45, 2.75) is 32.5 Å². The molecular formula is C14H20FN3O. The number of benzene rings is 1. The van der Waals surface area contributed by atoms with E-state index in [0.29, 0.717) is 24.3 Å². The van der Waals surface area contributed by atoms with Gasteiger partial charge in [-0.15, -0.1) is 0 Å². The minimum absolute atomic E-state index is 0.112. The number of amidine groups is 1. The van der Waals surface area contributed by atoms with Crippen molar-refractivity contribution in [2.75, 3.05) is 13.2 Å². The fourth-order valence-electron chi connectivity index (χ4n) is 2.25. The number of hydrogen-bond donors (Lipinski definition) is 2. The second-order valence-electron chi connectivity index (χ2n) is 5.14. The van der Waals surface area contributed by atoms with Crippen molar-refractivity contribution in [3.8, 4) is 0 Å². The second-order valence-corrected chi connectivity index (χ2v) is 5.14. The molecular weight excluding hydrogens is 245 g/mol. The molecule has 1 fully saturated rings. The number of nitrogens with zero attached hydrogens (tertiary/aromatic N) is 1. The van der Waals surface area contributed by atoms with Crippen molar-refractivity contribution >= 4 is 5.84 Å². The van der Waals surface area contributed by atoms with Crippen LogP contribution in [0.3, 0.4) is 0 Å². The number of nitrogens with two attached hydrogens (primary N) is 1. The molecule has 0 spiro atoms. The summed E-state index contributed by atoms with van der Waals surface area (Å²) < 4.78 is 19.5. The highest BCUT2D eigenvalue weighted by atomic mass is 19.1. The number of rotatable bonds is 3. The Balaban J connectivity index is 2.12. The number of halogens is 1. The maximum atomic E-state index is 14.0. The lowest BCUT2D eigenvalue weighted by atomic mass is 10.1. The Hall–Kier alpha value is -1.46. The molecule has 0 radical (unpaired) electrons. The van der Waals surface area contributed by atoms with Crippen molar-refractivity contribution < 1.29 is 9.13 Å². The molecule has 1 saturated heterocycles. The zero-order valence-corrected chi connectivity index (χ0v) is 11.3. The van der Waals surface area contributed by atoms with E-state index in [9.17, 15) is 4.39 Å². The van der Waals surface area contributed by atoms with Crippen molar-refractivity contribution in [2.24, 2.45) is 5.73 Å². The van der Waals surface area contributed by atoms with Crippen LogP contribution >= 0.6 is 0 Å². The van der Waals surface area contributed by atoms with Gasteiger partial charge in [0.25, 0.3) is 0 Å². The highest BCUT2D eigenvalue weighted by Crippen LogP contribution is 2.18. The lowest BCUT2D eigenvalue weighted by Crippen LogP contribution is -2.46. The van der Waals surface area contributed by atoms with Crippen LogP contribution in [0.5, 0.6) is 0 Å². The van der Waals surface area contributed by atoms with Crippen LogP contribution in [0.4, 0.5) is 4.39 Å². The minimum atomic E-state index is -0.306. The van der Waals surface area contributed by atoms with E-state index in [1.165, 1.54) is 6.07 Å². The third-order valence-corrected chi connectivity index (χ3v) is 3.47. The van der Waals surface area contributed by atoms with Gasteiger partial charge in [0.05, 0.1) is 12.7 Å². The normalized spacial score (nSPS) is 24.4. The average molecular weight is 265 g/mol. The standard InChI is InChI=1S/C14H20FN3O/c1-9-8-19-10(2)6-18(9)7-12-4-3-11(14(16)17)5-13(12)15/h3-5,9-10H,6-8H2,1-2H3,(H3,16,17). The van der Waals surface area contributed by atoms with Crippen LogP contribution in [-0.4, -0.2) is 36.0 Å². The van der Waals surface area contributed by atoms with Gasteiger partial charge in [-0.3, -0.25) is 10.3 Å². The van der Waals surface area contributed by atoms with Crippen molar-refractivity contribution in [3.63, 3.8) is 0 Å². The molecule has 2 unspecified atom stereocenters. The fraction of sp³-hybridized carbons (Fsp3) is 0.500. The van der Waals surface area contributed by atoms with Gasteiger partial charge in [-0.1, -0.05) is 12.1 Å². The summed E-state index contributed by atoms with van der Waals surface area (Å²) in [5.41, 5.74) is 6.40. The first-order valence-electron chi connectivity index (χ1n) is 6.46. The summed E-state index contributed by atoms with van der Waals surface area (Å²) >= 11 is 0. The van der Waals surface area contributed by atoms with Gasteiger partial charge in [-0.05, 0) is 19.9 Å². The summed E-state index contributed by atoms with van der Waals surface area (Å²) in [6.45, 7) is 6.13. The van der Waals surface area contributed by atoms with E-state index >= 15 is 0 Å². The highest BCUT2D eigenvalue weighted by Gasteiger charge is 2.24. The Morgan fingerprint density at radius 1 is 1.53 bits per heavy atom. The van der Waals surface area contributed by atoms with Gasteiger partial charge in [-0.25, -0.2) is 4.39 Å². The molecule has 19 heavy (non-hydrogen) atoms. The molecule has 2 rings (SSSR count). The number of hydrogen-bond acceptors (Lipinski definition) is 3. The SMILES string of the molecule is CC1CN(Cc2ccc(C(=N)N)cc2F)C(C)CO1. The molecule has 104 valence electrons. The first-order chi connectivity index (χ1) is 8.97. The smallest absolute Gasteiger partial charge is 0.128 e. The predicted molar refractivity (Wildman–Crippen MR) is 72.7 cm³/mol. The molecule has 0 bridgehead atoms. The number of ether oxygens (including phenoxy) is 1. The molecule has 1 aliphatic rings. The quantitative estimate of drug-likeness (QED) is 0.646. The van der Waals surface area contributed by atoms with Gasteiger partial charge in [0.1, 0.15) is 11.7 Å². The van der Waals surface area contributed by atoms with Gasteiger partial charge >= 0.3 is 0 Å². The third-order valence-electron chi connectivity index (χ3n) is 3.47. The number of nitrogen functional groups attached to an aromatic ring is 1. The molecule has 1 aliphatic heterocycles. The largest absolute Gasteiger partial charge is 0.384 e. The monoisotopic (exact) mass is 265 g/mol. The Bertz CT molecular complexity index is 478. The predicted octanol–water partition coefficient (Wildman–Crippen LogP) is 1.72. The molecule has 1 aromatic carbocycles. The molecule has 5 heteroatoms. The molecule has 4 nitrogen and oxygen atoms in total. The van der Waals surface area contributed by atoms with E-state index < -0.39 is 0 Å². The highest BCUT2D eigenvalue weighted by molar-refractivity contribution is 5.94. The Kier molecular flexibility index (Phi) is 4.17. The topological polar surface area (TPSA) is 62.3 Å². The van der Waals surface area contributed by atoms with Crippen LogP contribution in [-0.2, 0) is 11.3 Å². The first kappa shape index (κ1) is 14.0. The van der Waals surface area contributed by atoms with E-state index in [1.807, 2.05) is 6.92 Å². The van der Waals surface area contributed by atoms with E-state index in [1.54, 1.807) is 12.1 Å². The number of nitrogens with one attached hydrogen (secondary N) is 1. The van der Waals surface area contributed by atoms with Crippen LogP contribution in [0.15, 0.2) is 18.2 Å². The number of morpholine rings is 1. The lowest BCUT2D eigenvalue weighted by molar-refractivity contribution is -0.0529. The zero-order valence-electron chi connectivity index (χ0n) is 11.3. The molecule has 0 saturated carbocycles. The fourth-order valence-corrected chi connectivity index (χ4v) is 2.25. The van der Waals surface area contributed by atoms with Gasteiger partial charge in [0.15, 0.2) is 0 Å². The van der Waals surface area contributed by atoms with Crippen molar-refractivity contribution in [1.29, 1.82) is 5.41 Å². The van der Waals surface area contributed by atoms with Crippen molar-refractivity contribution in [1.82, 2.24) is 4.90 Å². The van der Waals surface area contributed by atoms with Crippen LogP contribution in [0.1, 0.15) is 25.0 Å².